The van der Waals surface area contributed by atoms with E-state index in [9.17, 15) is 9.59 Å². The van der Waals surface area contributed by atoms with E-state index in [1.807, 2.05) is 0 Å². The molecule has 0 aliphatic carbocycles. The first-order valence-corrected chi connectivity index (χ1v) is 4.72. The number of aliphatic carboxylic acids is 1. The molecular weight excluding hydrogens is 198 g/mol. The van der Waals surface area contributed by atoms with Gasteiger partial charge in [-0.15, -0.1) is 12.3 Å². The monoisotopic (exact) mass is 211 g/mol. The van der Waals surface area contributed by atoms with Crippen molar-refractivity contribution in [2.45, 2.75) is 31.4 Å². The third-order valence-electron chi connectivity index (χ3n) is 2.16. The number of carboxylic acids is 1. The maximum atomic E-state index is 11.1. The highest BCUT2D eigenvalue weighted by Gasteiger charge is 2.31. The van der Waals surface area contributed by atoms with Crippen molar-refractivity contribution < 1.29 is 19.4 Å². The van der Waals surface area contributed by atoms with Gasteiger partial charge < -0.3 is 15.2 Å². The fourth-order valence-electron chi connectivity index (χ4n) is 1.40. The lowest BCUT2D eigenvalue weighted by molar-refractivity contribution is -0.149. The van der Waals surface area contributed by atoms with Crippen molar-refractivity contribution in [2.24, 2.45) is 0 Å². The average molecular weight is 211 g/mol. The van der Waals surface area contributed by atoms with Gasteiger partial charge in [0.05, 0.1) is 6.42 Å². The molecule has 1 heterocycles. The Labute approximate surface area is 87.8 Å². The molecule has 1 aliphatic heterocycles. The number of rotatable bonds is 4. The molecule has 82 valence electrons. The molecule has 0 amide bonds. The molecule has 0 saturated carbocycles. The summed E-state index contributed by atoms with van der Waals surface area (Å²) in [7, 11) is 0. The van der Waals surface area contributed by atoms with E-state index in [1.54, 1.807) is 0 Å². The van der Waals surface area contributed by atoms with Crippen molar-refractivity contribution in [1.82, 2.24) is 5.32 Å². The smallest absolute Gasteiger partial charge is 0.320 e. The number of terminal acetylenes is 1. The van der Waals surface area contributed by atoms with E-state index in [0.717, 1.165) is 0 Å². The lowest BCUT2D eigenvalue weighted by Gasteiger charge is -2.09. The minimum Gasteiger partial charge on any atom is -0.480 e. The van der Waals surface area contributed by atoms with Crippen molar-refractivity contribution in [3.8, 4) is 12.3 Å². The van der Waals surface area contributed by atoms with E-state index in [1.165, 1.54) is 0 Å². The molecule has 15 heavy (non-hydrogen) atoms. The summed E-state index contributed by atoms with van der Waals surface area (Å²) >= 11 is 0. The van der Waals surface area contributed by atoms with Crippen LogP contribution in [-0.4, -0.2) is 35.7 Å². The van der Waals surface area contributed by atoms with Gasteiger partial charge in [-0.05, 0) is 0 Å². The first kappa shape index (κ1) is 11.5. The summed E-state index contributed by atoms with van der Waals surface area (Å²) in [5.41, 5.74) is 0. The molecule has 5 heteroatoms. The molecule has 2 atom stereocenters. The van der Waals surface area contributed by atoms with Crippen LogP contribution in [0.15, 0.2) is 0 Å². The maximum Gasteiger partial charge on any atom is 0.320 e. The second kappa shape index (κ2) is 5.37. The molecule has 1 saturated heterocycles. The second-order valence-electron chi connectivity index (χ2n) is 3.35. The van der Waals surface area contributed by atoms with Crippen molar-refractivity contribution in [3.05, 3.63) is 0 Å². The molecule has 2 N–H and O–H groups in total. The minimum absolute atomic E-state index is 0.185. The van der Waals surface area contributed by atoms with Gasteiger partial charge in [-0.2, -0.15) is 0 Å². The highest BCUT2D eigenvalue weighted by Crippen LogP contribution is 2.11. The molecule has 0 radical (unpaired) electrons. The van der Waals surface area contributed by atoms with Gasteiger partial charge in [0.25, 0.3) is 0 Å². The molecule has 1 fully saturated rings. The van der Waals surface area contributed by atoms with Crippen LogP contribution in [0.5, 0.6) is 0 Å². The number of ether oxygens (including phenoxy) is 1. The van der Waals surface area contributed by atoms with Gasteiger partial charge in [0, 0.05) is 19.4 Å². The molecule has 0 aromatic heterocycles. The summed E-state index contributed by atoms with van der Waals surface area (Å²) in [6, 6.07) is -0.615. The lowest BCUT2D eigenvalue weighted by Crippen LogP contribution is -2.30. The number of carbonyl (C=O) groups is 2. The SMILES string of the molecule is C#CCCC(=O)O[C@H]1CN[C@H](C(=O)O)C1. The third-order valence-corrected chi connectivity index (χ3v) is 2.16. The molecule has 0 aromatic rings. The first-order chi connectivity index (χ1) is 7.13. The van der Waals surface area contributed by atoms with Crippen LogP contribution < -0.4 is 5.32 Å². The van der Waals surface area contributed by atoms with Gasteiger partial charge >= 0.3 is 11.9 Å². The van der Waals surface area contributed by atoms with Crippen molar-refractivity contribution in [2.75, 3.05) is 6.54 Å². The Morgan fingerprint density at radius 1 is 1.60 bits per heavy atom. The van der Waals surface area contributed by atoms with E-state index < -0.39 is 12.0 Å². The molecule has 1 aliphatic rings. The molecule has 0 spiro atoms. The van der Waals surface area contributed by atoms with Gasteiger partial charge in [-0.1, -0.05) is 0 Å². The van der Waals surface area contributed by atoms with Crippen LogP contribution in [0.3, 0.4) is 0 Å². The standard InChI is InChI=1S/C10H13NO4/c1-2-3-4-9(12)15-7-5-8(10(13)14)11-6-7/h1,7-8,11H,3-6H2,(H,13,14)/t7-,8+/m1/s1. The van der Waals surface area contributed by atoms with Crippen LogP contribution >= 0.6 is 0 Å². The Bertz CT molecular complexity index is 294. The second-order valence-corrected chi connectivity index (χ2v) is 3.35. The summed E-state index contributed by atoms with van der Waals surface area (Å²) in [6.45, 7) is 0.388. The Morgan fingerprint density at radius 2 is 2.33 bits per heavy atom. The average Bonchev–Trinajstić information content (AvgIpc) is 2.63. The van der Waals surface area contributed by atoms with E-state index in [-0.39, 0.29) is 18.5 Å². The zero-order chi connectivity index (χ0) is 11.3. The summed E-state index contributed by atoms with van der Waals surface area (Å²) in [5.74, 6) is 1.05. The molecule has 0 bridgehead atoms. The molecule has 0 aromatic carbocycles. The minimum atomic E-state index is -0.919. The van der Waals surface area contributed by atoms with E-state index in [2.05, 4.69) is 11.2 Å². The summed E-state index contributed by atoms with van der Waals surface area (Å²) < 4.78 is 5.03. The fraction of sp³-hybridized carbons (Fsp3) is 0.600. The number of hydrogen-bond acceptors (Lipinski definition) is 4. The summed E-state index contributed by atoms with van der Waals surface area (Å²) in [6.07, 6.45) is 5.50. The van der Waals surface area contributed by atoms with Crippen molar-refractivity contribution in [1.29, 1.82) is 0 Å². The van der Waals surface area contributed by atoms with Crippen molar-refractivity contribution >= 4 is 11.9 Å². The van der Waals surface area contributed by atoms with Crippen molar-refractivity contribution in [3.63, 3.8) is 0 Å². The van der Waals surface area contributed by atoms with E-state index in [0.29, 0.717) is 19.4 Å². The summed E-state index contributed by atoms with van der Waals surface area (Å²) in [4.78, 5) is 21.7. The van der Waals surface area contributed by atoms with Crippen LogP contribution in [0.2, 0.25) is 0 Å². The quantitative estimate of drug-likeness (QED) is 0.495. The molecule has 1 rings (SSSR count). The highest BCUT2D eigenvalue weighted by atomic mass is 16.5. The first-order valence-electron chi connectivity index (χ1n) is 4.72. The Morgan fingerprint density at radius 3 is 2.87 bits per heavy atom. The zero-order valence-corrected chi connectivity index (χ0v) is 8.23. The van der Waals surface area contributed by atoms with Crippen LogP contribution in [0.4, 0.5) is 0 Å². The molecule has 5 nitrogen and oxygen atoms in total. The predicted molar refractivity (Wildman–Crippen MR) is 52.0 cm³/mol. The number of carboxylic acid groups (broad SMARTS) is 1. The van der Waals surface area contributed by atoms with Crippen LogP contribution in [0, 0.1) is 12.3 Å². The Hall–Kier alpha value is -1.54. The van der Waals surface area contributed by atoms with E-state index in [4.69, 9.17) is 16.3 Å². The topological polar surface area (TPSA) is 75.6 Å². The molecular formula is C10H13NO4. The Kier molecular flexibility index (Phi) is 4.13. The summed E-state index contributed by atoms with van der Waals surface area (Å²) in [5, 5.41) is 11.4. The normalized spacial score (nSPS) is 24.5. The van der Waals surface area contributed by atoms with E-state index >= 15 is 0 Å². The van der Waals surface area contributed by atoms with Gasteiger partial charge in [0.1, 0.15) is 12.1 Å². The van der Waals surface area contributed by atoms with Crippen LogP contribution in [0.1, 0.15) is 19.3 Å². The van der Waals surface area contributed by atoms with Gasteiger partial charge in [-0.25, -0.2) is 0 Å². The number of esters is 1. The zero-order valence-electron chi connectivity index (χ0n) is 8.23. The van der Waals surface area contributed by atoms with Crippen LogP contribution in [-0.2, 0) is 14.3 Å². The maximum absolute atomic E-state index is 11.1. The van der Waals surface area contributed by atoms with Gasteiger partial charge in [-0.3, -0.25) is 9.59 Å². The fourth-order valence-corrected chi connectivity index (χ4v) is 1.40. The number of hydrogen-bond donors (Lipinski definition) is 2. The number of carbonyl (C=O) groups excluding carboxylic acids is 1. The van der Waals surface area contributed by atoms with Gasteiger partial charge in [0.2, 0.25) is 0 Å². The highest BCUT2D eigenvalue weighted by molar-refractivity contribution is 5.74. The molecule has 0 unspecified atom stereocenters. The Balaban J connectivity index is 2.27. The third kappa shape index (κ3) is 3.60. The van der Waals surface area contributed by atoms with Crippen LogP contribution in [0.25, 0.3) is 0 Å². The predicted octanol–water partition coefficient (Wildman–Crippen LogP) is -0.242. The lowest BCUT2D eigenvalue weighted by atomic mass is 10.2. The largest absolute Gasteiger partial charge is 0.480 e. The number of nitrogens with one attached hydrogen (secondary N) is 1. The van der Waals surface area contributed by atoms with Gasteiger partial charge in [0.15, 0.2) is 0 Å².